The number of sulfonamides is 1. The lowest BCUT2D eigenvalue weighted by atomic mass is 10.2. The summed E-state index contributed by atoms with van der Waals surface area (Å²) in [4.78, 5) is 25.2. The maximum absolute atomic E-state index is 12.9. The van der Waals surface area contributed by atoms with Crippen LogP contribution in [0.1, 0.15) is 10.4 Å². The Hall–Kier alpha value is -2.94. The predicted molar refractivity (Wildman–Crippen MR) is 92.6 cm³/mol. The van der Waals surface area contributed by atoms with Gasteiger partial charge >= 0.3 is 0 Å². The second-order valence-electron chi connectivity index (χ2n) is 5.72. The van der Waals surface area contributed by atoms with Crippen LogP contribution < -0.4 is 10.0 Å². The maximum Gasteiger partial charge on any atom is 0.261 e. The summed E-state index contributed by atoms with van der Waals surface area (Å²) in [5, 5.41) is 2.62. The second kappa shape index (κ2) is 7.12. The Bertz CT molecular complexity index is 945. The molecule has 1 aliphatic rings. The molecule has 26 heavy (non-hydrogen) atoms. The number of amides is 2. The van der Waals surface area contributed by atoms with E-state index in [0.29, 0.717) is 13.1 Å². The van der Waals surface area contributed by atoms with Gasteiger partial charge in [0.25, 0.3) is 15.9 Å². The Balaban J connectivity index is 1.82. The van der Waals surface area contributed by atoms with E-state index in [0.717, 1.165) is 12.1 Å². The summed E-state index contributed by atoms with van der Waals surface area (Å²) in [5.41, 5.74) is 0.373. The number of carbonyl (C=O) groups is 2. The normalized spacial score (nSPS) is 14.7. The van der Waals surface area contributed by atoms with Crippen LogP contribution in [0.4, 0.5) is 10.1 Å². The number of rotatable bonds is 4. The molecule has 0 aliphatic carbocycles. The number of hydrogen-bond acceptors (Lipinski definition) is 4. The third kappa shape index (κ3) is 3.99. The van der Waals surface area contributed by atoms with Gasteiger partial charge in [0.05, 0.1) is 11.4 Å². The van der Waals surface area contributed by atoms with Crippen molar-refractivity contribution < 1.29 is 22.4 Å². The first-order valence-corrected chi connectivity index (χ1v) is 9.28. The summed E-state index contributed by atoms with van der Waals surface area (Å²) in [7, 11) is -3.95. The quantitative estimate of drug-likeness (QED) is 0.837. The lowest BCUT2D eigenvalue weighted by molar-refractivity contribution is -0.123. The molecular formula is C17H16FN3O4S. The number of piperazine rings is 1. The molecule has 1 heterocycles. The van der Waals surface area contributed by atoms with Crippen LogP contribution in [0.15, 0.2) is 53.4 Å². The summed E-state index contributed by atoms with van der Waals surface area (Å²) < 4.78 is 40.3. The zero-order chi connectivity index (χ0) is 18.7. The highest BCUT2D eigenvalue weighted by Crippen LogP contribution is 2.18. The van der Waals surface area contributed by atoms with E-state index in [4.69, 9.17) is 0 Å². The van der Waals surface area contributed by atoms with Gasteiger partial charge in [0, 0.05) is 24.3 Å². The third-order valence-corrected chi connectivity index (χ3v) is 5.19. The fraction of sp³-hybridized carbons (Fsp3) is 0.176. The molecule has 0 aromatic heterocycles. The summed E-state index contributed by atoms with van der Waals surface area (Å²) >= 11 is 0. The highest BCUT2D eigenvalue weighted by atomic mass is 32.2. The van der Waals surface area contributed by atoms with E-state index < -0.39 is 21.7 Å². The molecule has 2 amide bonds. The lowest BCUT2D eigenvalue weighted by Gasteiger charge is -2.26. The number of benzene rings is 2. The molecule has 0 bridgehead atoms. The average molecular weight is 377 g/mol. The van der Waals surface area contributed by atoms with Gasteiger partial charge in [-0.15, -0.1) is 0 Å². The van der Waals surface area contributed by atoms with Crippen LogP contribution in [0, 0.1) is 5.82 Å². The van der Waals surface area contributed by atoms with E-state index in [2.05, 4.69) is 10.0 Å². The van der Waals surface area contributed by atoms with Gasteiger partial charge in [-0.2, -0.15) is 0 Å². The Labute approximate surface area is 149 Å². The SMILES string of the molecule is O=C1CN(C(=O)c2cccc(S(=O)(=O)Nc3ccc(F)cc3)c2)CCN1. The van der Waals surface area contributed by atoms with Crippen molar-refractivity contribution in [3.8, 4) is 0 Å². The number of nitrogens with one attached hydrogen (secondary N) is 2. The third-order valence-electron chi connectivity index (χ3n) is 3.81. The monoisotopic (exact) mass is 377 g/mol. The molecule has 0 spiro atoms. The van der Waals surface area contributed by atoms with E-state index >= 15 is 0 Å². The summed E-state index contributed by atoms with van der Waals surface area (Å²) in [6, 6.07) is 10.4. The Morgan fingerprint density at radius 2 is 1.88 bits per heavy atom. The smallest absolute Gasteiger partial charge is 0.261 e. The first kappa shape index (κ1) is 17.9. The minimum Gasteiger partial charge on any atom is -0.353 e. The molecular weight excluding hydrogens is 361 g/mol. The molecule has 1 aliphatic heterocycles. The topological polar surface area (TPSA) is 95.6 Å². The largest absolute Gasteiger partial charge is 0.353 e. The van der Waals surface area contributed by atoms with Gasteiger partial charge in [-0.3, -0.25) is 14.3 Å². The van der Waals surface area contributed by atoms with Crippen molar-refractivity contribution in [2.45, 2.75) is 4.90 Å². The summed E-state index contributed by atoms with van der Waals surface area (Å²) in [6.07, 6.45) is 0. The van der Waals surface area contributed by atoms with Crippen LogP contribution in [0.25, 0.3) is 0 Å². The first-order chi connectivity index (χ1) is 12.3. The Kier molecular flexibility index (Phi) is 4.90. The van der Waals surface area contributed by atoms with Crippen molar-refractivity contribution in [3.63, 3.8) is 0 Å². The van der Waals surface area contributed by atoms with Crippen LogP contribution in [-0.2, 0) is 14.8 Å². The van der Waals surface area contributed by atoms with E-state index in [1.165, 1.54) is 41.3 Å². The highest BCUT2D eigenvalue weighted by Gasteiger charge is 2.23. The van der Waals surface area contributed by atoms with E-state index in [9.17, 15) is 22.4 Å². The minimum atomic E-state index is -3.95. The fourth-order valence-electron chi connectivity index (χ4n) is 2.52. The molecule has 7 nitrogen and oxygen atoms in total. The van der Waals surface area contributed by atoms with Gasteiger partial charge in [0.15, 0.2) is 0 Å². The second-order valence-corrected chi connectivity index (χ2v) is 7.40. The molecule has 0 radical (unpaired) electrons. The number of carbonyl (C=O) groups excluding carboxylic acids is 2. The van der Waals surface area contributed by atoms with Crippen LogP contribution >= 0.6 is 0 Å². The zero-order valence-corrected chi connectivity index (χ0v) is 14.4. The molecule has 0 atom stereocenters. The summed E-state index contributed by atoms with van der Waals surface area (Å²) in [5.74, 6) is -1.16. The van der Waals surface area contributed by atoms with Crippen LogP contribution in [0.3, 0.4) is 0 Å². The average Bonchev–Trinajstić information content (AvgIpc) is 2.63. The standard InChI is InChI=1S/C17H16FN3O4S/c18-13-4-6-14(7-5-13)20-26(24,25)15-3-1-2-12(10-15)17(23)21-9-8-19-16(22)11-21/h1-7,10,20H,8-9,11H2,(H,19,22). The molecule has 2 aromatic rings. The first-order valence-electron chi connectivity index (χ1n) is 7.79. The summed E-state index contributed by atoms with van der Waals surface area (Å²) in [6.45, 7) is 0.647. The number of anilines is 1. The van der Waals surface area contributed by atoms with Crippen molar-refractivity contribution in [2.75, 3.05) is 24.4 Å². The number of hydrogen-bond donors (Lipinski definition) is 2. The van der Waals surface area contributed by atoms with E-state index in [-0.39, 0.29) is 28.6 Å². The fourth-order valence-corrected chi connectivity index (χ4v) is 3.63. The molecule has 0 saturated carbocycles. The van der Waals surface area contributed by atoms with Crippen molar-refractivity contribution >= 4 is 27.5 Å². The molecule has 2 aromatic carbocycles. The van der Waals surface area contributed by atoms with Crippen molar-refractivity contribution in [3.05, 3.63) is 59.9 Å². The van der Waals surface area contributed by atoms with Gasteiger partial charge in [-0.1, -0.05) is 6.07 Å². The van der Waals surface area contributed by atoms with Gasteiger partial charge in [-0.05, 0) is 42.5 Å². The van der Waals surface area contributed by atoms with Crippen molar-refractivity contribution in [1.29, 1.82) is 0 Å². The van der Waals surface area contributed by atoms with Crippen LogP contribution in [0.5, 0.6) is 0 Å². The maximum atomic E-state index is 12.9. The van der Waals surface area contributed by atoms with Crippen molar-refractivity contribution in [2.24, 2.45) is 0 Å². The van der Waals surface area contributed by atoms with E-state index in [1.807, 2.05) is 0 Å². The Morgan fingerprint density at radius 1 is 1.15 bits per heavy atom. The highest BCUT2D eigenvalue weighted by molar-refractivity contribution is 7.92. The van der Waals surface area contributed by atoms with Gasteiger partial charge in [-0.25, -0.2) is 12.8 Å². The van der Waals surface area contributed by atoms with Gasteiger partial charge < -0.3 is 10.2 Å². The van der Waals surface area contributed by atoms with Crippen LogP contribution in [0.2, 0.25) is 0 Å². The molecule has 3 rings (SSSR count). The molecule has 1 fully saturated rings. The molecule has 1 saturated heterocycles. The molecule has 0 unspecified atom stereocenters. The zero-order valence-electron chi connectivity index (χ0n) is 13.6. The lowest BCUT2D eigenvalue weighted by Crippen LogP contribution is -2.49. The van der Waals surface area contributed by atoms with Crippen molar-refractivity contribution in [1.82, 2.24) is 10.2 Å². The van der Waals surface area contributed by atoms with Gasteiger partial charge in [0.2, 0.25) is 5.91 Å². The number of halogens is 1. The van der Waals surface area contributed by atoms with Gasteiger partial charge in [0.1, 0.15) is 5.82 Å². The molecule has 2 N–H and O–H groups in total. The Morgan fingerprint density at radius 3 is 2.58 bits per heavy atom. The van der Waals surface area contributed by atoms with E-state index in [1.54, 1.807) is 0 Å². The minimum absolute atomic E-state index is 0.0658. The molecule has 136 valence electrons. The van der Waals surface area contributed by atoms with Crippen LogP contribution in [-0.4, -0.2) is 44.8 Å². The number of nitrogens with zero attached hydrogens (tertiary/aromatic N) is 1. The predicted octanol–water partition coefficient (Wildman–Crippen LogP) is 1.20. The molecule has 9 heteroatoms.